The van der Waals surface area contributed by atoms with Crippen molar-refractivity contribution in [1.82, 2.24) is 35.8 Å². The summed E-state index contributed by atoms with van der Waals surface area (Å²) in [5, 5.41) is 15.1. The number of nitrogens with two attached hydrogens (primary N) is 1. The van der Waals surface area contributed by atoms with Gasteiger partial charge < -0.3 is 21.7 Å². The van der Waals surface area contributed by atoms with E-state index in [9.17, 15) is 23.6 Å². The van der Waals surface area contributed by atoms with Crippen LogP contribution in [0.15, 0.2) is 64.7 Å². The van der Waals surface area contributed by atoms with Crippen molar-refractivity contribution < 1.29 is 14.0 Å². The molecule has 1 aliphatic carbocycles. The zero-order valence-electron chi connectivity index (χ0n) is 22.5. The van der Waals surface area contributed by atoms with Crippen molar-refractivity contribution in [2.45, 2.75) is 32.0 Å². The molecule has 2 aromatic heterocycles. The number of aromatic nitrogens is 5. The van der Waals surface area contributed by atoms with Crippen molar-refractivity contribution in [3.05, 3.63) is 115 Å². The molecule has 0 aliphatic heterocycles. The number of anilines is 2. The number of H-pyrrole nitrogens is 1. The van der Waals surface area contributed by atoms with E-state index in [4.69, 9.17) is 5.73 Å². The first-order valence-corrected chi connectivity index (χ1v) is 13.3. The van der Waals surface area contributed by atoms with Crippen LogP contribution >= 0.6 is 0 Å². The summed E-state index contributed by atoms with van der Waals surface area (Å²) in [5.74, 6) is -0.857. The first kappa shape index (κ1) is 27.4. The second-order valence-corrected chi connectivity index (χ2v) is 10.0. The molecule has 0 unspecified atom stereocenters. The van der Waals surface area contributed by atoms with E-state index < -0.39 is 28.5 Å². The van der Waals surface area contributed by atoms with Crippen LogP contribution in [0, 0.1) is 5.82 Å². The molecular weight excluding hydrogens is 557 g/mol. The van der Waals surface area contributed by atoms with Gasteiger partial charge in [-0.2, -0.15) is 5.10 Å². The number of aromatic amines is 1. The smallest absolute Gasteiger partial charge is 0.270 e. The molecule has 0 bridgehead atoms. The van der Waals surface area contributed by atoms with Crippen LogP contribution in [0.3, 0.4) is 0 Å². The molecule has 1 atom stereocenters. The number of hydrogen-bond acceptors (Lipinski definition) is 10. The summed E-state index contributed by atoms with van der Waals surface area (Å²) in [7, 11) is 0. The Kier molecular flexibility index (Phi) is 7.15. The number of nitrogen functional groups attached to an aromatic ring is 1. The summed E-state index contributed by atoms with van der Waals surface area (Å²) in [6.45, 7) is -0.0457. The fraction of sp³-hybridized carbons (Fsp3) is 0.172. The quantitative estimate of drug-likeness (QED) is 0.159. The number of carbonyl (C=O) groups excluding carboxylic acids is 2. The number of rotatable bonds is 9. The lowest BCUT2D eigenvalue weighted by Crippen LogP contribution is -2.37. The number of benzene rings is 2. The SMILES string of the molecule is Nc1c(NCc2cc(CNC(=O)c3cc(C(=O)N[C@H]4CCc5cc(-c6ncn[nH]6)ccc54)ncn3)ccc2F)c(=O)c1=O. The predicted octanol–water partition coefficient (Wildman–Crippen LogP) is 1.54. The lowest BCUT2D eigenvalue weighted by molar-refractivity contribution is 0.0931. The van der Waals surface area contributed by atoms with E-state index in [0.717, 1.165) is 29.4 Å². The third-order valence-electron chi connectivity index (χ3n) is 7.31. The first-order chi connectivity index (χ1) is 20.8. The number of carbonyl (C=O) groups is 2. The standard InChI is InChI=1S/C29H24FN9O4/c30-19-5-1-14(7-17(19)11-32-24-23(31)25(40)26(24)41)10-33-28(42)21-9-22(35-12-34-21)29(43)38-20-6-3-15-8-16(2-4-18(15)20)27-36-13-37-39-27/h1-2,4-5,7-9,12-13,20,32H,3,6,10-11,31H2,(H,33,42)(H,38,43)(H,36,37,39)/t20-/m0/s1. The maximum atomic E-state index is 14.3. The van der Waals surface area contributed by atoms with E-state index in [1.165, 1.54) is 30.6 Å². The molecule has 0 fully saturated rings. The summed E-state index contributed by atoms with van der Waals surface area (Å²) in [4.78, 5) is 60.9. The molecule has 43 heavy (non-hydrogen) atoms. The Morgan fingerprint density at radius 2 is 1.77 bits per heavy atom. The second kappa shape index (κ2) is 11.2. The van der Waals surface area contributed by atoms with Gasteiger partial charge in [-0.15, -0.1) is 0 Å². The minimum atomic E-state index is -0.771. The van der Waals surface area contributed by atoms with Crippen LogP contribution in [0.25, 0.3) is 11.4 Å². The van der Waals surface area contributed by atoms with Crippen molar-refractivity contribution in [2.24, 2.45) is 0 Å². The van der Waals surface area contributed by atoms with E-state index in [2.05, 4.69) is 41.1 Å². The highest BCUT2D eigenvalue weighted by molar-refractivity contribution is 5.97. The van der Waals surface area contributed by atoms with E-state index >= 15 is 0 Å². The molecule has 0 radical (unpaired) electrons. The molecule has 2 amide bonds. The van der Waals surface area contributed by atoms with Crippen molar-refractivity contribution >= 4 is 23.2 Å². The van der Waals surface area contributed by atoms with Gasteiger partial charge in [0.1, 0.15) is 41.2 Å². The third-order valence-corrected chi connectivity index (χ3v) is 7.31. The lowest BCUT2D eigenvalue weighted by atomic mass is 10.0. The Labute approximate surface area is 242 Å². The van der Waals surface area contributed by atoms with Crippen LogP contribution in [0.5, 0.6) is 0 Å². The molecule has 3 aromatic carbocycles. The van der Waals surface area contributed by atoms with Crippen LogP contribution in [-0.4, -0.2) is 37.0 Å². The van der Waals surface area contributed by atoms with Crippen molar-refractivity contribution in [1.29, 1.82) is 0 Å². The van der Waals surface area contributed by atoms with E-state index in [1.54, 1.807) is 0 Å². The maximum absolute atomic E-state index is 14.3. The van der Waals surface area contributed by atoms with E-state index in [1.807, 2.05) is 18.2 Å². The predicted molar refractivity (Wildman–Crippen MR) is 153 cm³/mol. The largest absolute Gasteiger partial charge is 0.394 e. The third kappa shape index (κ3) is 5.45. The van der Waals surface area contributed by atoms with Gasteiger partial charge in [-0.3, -0.25) is 24.3 Å². The van der Waals surface area contributed by atoms with Gasteiger partial charge in [-0.25, -0.2) is 19.3 Å². The van der Waals surface area contributed by atoms with Gasteiger partial charge in [-0.1, -0.05) is 18.2 Å². The minimum absolute atomic E-state index is 0.0109. The number of fused-ring (bicyclic) bond motifs is 1. The first-order valence-electron chi connectivity index (χ1n) is 13.3. The normalized spacial score (nSPS) is 13.9. The lowest BCUT2D eigenvalue weighted by Gasteiger charge is -2.14. The zero-order valence-corrected chi connectivity index (χ0v) is 22.5. The number of aryl methyl sites for hydroxylation is 1. The fourth-order valence-corrected chi connectivity index (χ4v) is 5.01. The zero-order chi connectivity index (χ0) is 30.1. The molecule has 216 valence electrons. The Morgan fingerprint density at radius 3 is 2.53 bits per heavy atom. The summed E-state index contributed by atoms with van der Waals surface area (Å²) in [5.41, 5.74) is 7.59. The van der Waals surface area contributed by atoms with Crippen LogP contribution in [0.1, 0.15) is 55.7 Å². The summed E-state index contributed by atoms with van der Waals surface area (Å²) >= 11 is 0. The average Bonchev–Trinajstić information content (AvgIpc) is 3.71. The number of amides is 2. The molecule has 13 nitrogen and oxygen atoms in total. The molecule has 5 aromatic rings. The van der Waals surface area contributed by atoms with Crippen LogP contribution < -0.4 is 32.5 Å². The Balaban J connectivity index is 1.07. The van der Waals surface area contributed by atoms with Crippen LogP contribution in [-0.2, 0) is 19.5 Å². The highest BCUT2D eigenvalue weighted by atomic mass is 19.1. The van der Waals surface area contributed by atoms with Gasteiger partial charge in [0, 0.05) is 30.3 Å². The van der Waals surface area contributed by atoms with Crippen molar-refractivity contribution in [3.63, 3.8) is 0 Å². The number of nitrogens with zero attached hydrogens (tertiary/aromatic N) is 4. The molecule has 1 aliphatic rings. The summed E-state index contributed by atoms with van der Waals surface area (Å²) < 4.78 is 14.3. The molecule has 14 heteroatoms. The van der Waals surface area contributed by atoms with E-state index in [0.29, 0.717) is 17.8 Å². The van der Waals surface area contributed by atoms with Crippen LogP contribution in [0.2, 0.25) is 0 Å². The fourth-order valence-electron chi connectivity index (χ4n) is 5.01. The molecule has 6 N–H and O–H groups in total. The van der Waals surface area contributed by atoms with Gasteiger partial charge in [0.05, 0.1) is 6.04 Å². The minimum Gasteiger partial charge on any atom is -0.394 e. The number of hydrogen-bond donors (Lipinski definition) is 5. The molecular formula is C29H24FN9O4. The topological polar surface area (TPSA) is 198 Å². The van der Waals surface area contributed by atoms with Crippen molar-refractivity contribution in [2.75, 3.05) is 11.1 Å². The summed E-state index contributed by atoms with van der Waals surface area (Å²) in [6, 6.07) is 11.2. The molecule has 0 saturated heterocycles. The van der Waals surface area contributed by atoms with Gasteiger partial charge in [0.2, 0.25) is 0 Å². The van der Waals surface area contributed by atoms with Gasteiger partial charge in [-0.05, 0) is 47.7 Å². The number of halogens is 1. The second-order valence-electron chi connectivity index (χ2n) is 10.0. The van der Waals surface area contributed by atoms with Gasteiger partial charge in [0.25, 0.3) is 22.7 Å². The average molecular weight is 582 g/mol. The number of nitrogens with one attached hydrogen (secondary N) is 4. The Bertz CT molecular complexity index is 1930. The van der Waals surface area contributed by atoms with Gasteiger partial charge >= 0.3 is 0 Å². The monoisotopic (exact) mass is 581 g/mol. The van der Waals surface area contributed by atoms with Crippen molar-refractivity contribution in [3.8, 4) is 11.4 Å². The Morgan fingerprint density at radius 1 is 0.953 bits per heavy atom. The Hall–Kier alpha value is -5.79. The maximum Gasteiger partial charge on any atom is 0.270 e. The van der Waals surface area contributed by atoms with E-state index in [-0.39, 0.29) is 47.5 Å². The molecule has 0 saturated carbocycles. The molecule has 0 spiro atoms. The summed E-state index contributed by atoms with van der Waals surface area (Å²) in [6.07, 6.45) is 4.09. The van der Waals surface area contributed by atoms with Gasteiger partial charge in [0.15, 0.2) is 5.82 Å². The molecule has 2 heterocycles. The highest BCUT2D eigenvalue weighted by Crippen LogP contribution is 2.33. The molecule has 6 rings (SSSR count). The highest BCUT2D eigenvalue weighted by Gasteiger charge is 2.26. The van der Waals surface area contributed by atoms with Crippen LogP contribution in [0.4, 0.5) is 15.8 Å².